The molecule has 0 bridgehead atoms. The second-order valence-electron chi connectivity index (χ2n) is 11.5. The molecule has 0 aromatic carbocycles. The van der Waals surface area contributed by atoms with Crippen molar-refractivity contribution in [2.24, 2.45) is 5.92 Å². The van der Waals surface area contributed by atoms with Gasteiger partial charge in [0.15, 0.2) is 6.10 Å². The quantitative estimate of drug-likeness (QED) is 0.0347. The zero-order chi connectivity index (χ0) is 33.4. The standard InChI is InChI=1S/C38H62O7/c1-4-6-17-25-34(40)27-20-15-16-21-28-35(41)26-19-12-8-10-13-22-29-37(42)44-32-36(31-39)45-38(43)30-23-14-9-7-11-18-24-33(3)5-2/h6,10,12-13,15-17,19-21,27-28,33-36,39-41H,4-5,7-9,11,14,18,22-26,29-32H2,1-3H3/b13-10-,16-15-,17-6-,19-12-,27-20+,28-21+/t33?,34-,35+,36+/m1/s1. The van der Waals surface area contributed by atoms with E-state index in [2.05, 4.69) is 20.8 Å². The number of carbonyl (C=O) groups is 2. The minimum absolute atomic E-state index is 0.146. The molecule has 3 N–H and O–H groups in total. The summed E-state index contributed by atoms with van der Waals surface area (Å²) in [6, 6.07) is 0. The van der Waals surface area contributed by atoms with Gasteiger partial charge in [0.1, 0.15) is 6.61 Å². The highest BCUT2D eigenvalue weighted by atomic mass is 16.6. The van der Waals surface area contributed by atoms with Gasteiger partial charge in [0.2, 0.25) is 0 Å². The summed E-state index contributed by atoms with van der Waals surface area (Å²) >= 11 is 0. The number of rotatable bonds is 28. The maximum atomic E-state index is 12.1. The van der Waals surface area contributed by atoms with E-state index >= 15 is 0 Å². The second kappa shape index (κ2) is 31.3. The molecule has 0 saturated heterocycles. The molecule has 0 spiro atoms. The summed E-state index contributed by atoms with van der Waals surface area (Å²) in [6.07, 6.45) is 33.3. The first-order chi connectivity index (χ1) is 21.8. The van der Waals surface area contributed by atoms with Crippen molar-refractivity contribution in [3.63, 3.8) is 0 Å². The number of unbranched alkanes of at least 4 members (excludes halogenated alkanes) is 5. The lowest BCUT2D eigenvalue weighted by Gasteiger charge is -2.15. The van der Waals surface area contributed by atoms with E-state index in [1.54, 1.807) is 24.3 Å². The van der Waals surface area contributed by atoms with Gasteiger partial charge < -0.3 is 24.8 Å². The summed E-state index contributed by atoms with van der Waals surface area (Å²) in [5.41, 5.74) is 0. The molecule has 0 fully saturated rings. The van der Waals surface area contributed by atoms with E-state index in [1.807, 2.05) is 48.6 Å². The summed E-state index contributed by atoms with van der Waals surface area (Å²) < 4.78 is 10.4. The molecule has 0 amide bonds. The van der Waals surface area contributed by atoms with Crippen molar-refractivity contribution in [3.05, 3.63) is 72.9 Å². The molecule has 0 saturated carbocycles. The molecule has 0 aliphatic carbocycles. The average Bonchev–Trinajstić information content (AvgIpc) is 3.03. The molecule has 0 rings (SSSR count). The Labute approximate surface area is 273 Å². The van der Waals surface area contributed by atoms with Crippen molar-refractivity contribution in [2.45, 2.75) is 135 Å². The number of hydrogen-bond donors (Lipinski definition) is 3. The van der Waals surface area contributed by atoms with E-state index in [0.29, 0.717) is 32.1 Å². The van der Waals surface area contributed by atoms with Crippen molar-refractivity contribution in [2.75, 3.05) is 13.2 Å². The van der Waals surface area contributed by atoms with E-state index in [0.717, 1.165) is 31.6 Å². The molecule has 45 heavy (non-hydrogen) atoms. The molecule has 0 radical (unpaired) electrons. The SMILES string of the molecule is CC/C=C\C[C@@H](O)/C=C/C=C\C=C\[C@@H](O)C/C=C\C/C=C\CCC(=O)OC[C@H](CO)OC(=O)CCCCCCCCC(C)CC. The zero-order valence-electron chi connectivity index (χ0n) is 28.2. The normalized spacial score (nSPS) is 15.2. The first kappa shape index (κ1) is 42.3. The number of aliphatic hydroxyl groups is 3. The van der Waals surface area contributed by atoms with Gasteiger partial charge in [0, 0.05) is 12.8 Å². The topological polar surface area (TPSA) is 113 Å². The van der Waals surface area contributed by atoms with Crippen LogP contribution in [-0.4, -0.2) is 58.8 Å². The highest BCUT2D eigenvalue weighted by Gasteiger charge is 2.15. The average molecular weight is 631 g/mol. The smallest absolute Gasteiger partial charge is 0.306 e. The highest BCUT2D eigenvalue weighted by molar-refractivity contribution is 5.70. The summed E-state index contributed by atoms with van der Waals surface area (Å²) in [5.74, 6) is 0.0330. The molecule has 4 atom stereocenters. The maximum Gasteiger partial charge on any atom is 0.306 e. The van der Waals surface area contributed by atoms with E-state index in [1.165, 1.54) is 32.1 Å². The van der Waals surface area contributed by atoms with Crippen molar-refractivity contribution < 1.29 is 34.4 Å². The van der Waals surface area contributed by atoms with Gasteiger partial charge in [0.25, 0.3) is 0 Å². The van der Waals surface area contributed by atoms with E-state index in [-0.39, 0.29) is 25.6 Å². The predicted octanol–water partition coefficient (Wildman–Crippen LogP) is 8.02. The van der Waals surface area contributed by atoms with Gasteiger partial charge in [-0.25, -0.2) is 0 Å². The third-order valence-corrected chi connectivity index (χ3v) is 7.23. The van der Waals surface area contributed by atoms with Gasteiger partial charge >= 0.3 is 11.9 Å². The molecule has 1 unspecified atom stereocenters. The fourth-order valence-corrected chi connectivity index (χ4v) is 4.20. The molecule has 0 aliphatic rings. The lowest BCUT2D eigenvalue weighted by molar-refractivity contribution is -0.161. The van der Waals surface area contributed by atoms with Crippen LogP contribution in [0.1, 0.15) is 117 Å². The summed E-state index contributed by atoms with van der Waals surface area (Å²) in [6.45, 7) is 6.05. The van der Waals surface area contributed by atoms with Crippen molar-refractivity contribution >= 4 is 11.9 Å². The lowest BCUT2D eigenvalue weighted by Crippen LogP contribution is -2.28. The monoisotopic (exact) mass is 630 g/mol. The molecule has 7 heteroatoms. The Morgan fingerprint density at radius 3 is 1.93 bits per heavy atom. The molecule has 7 nitrogen and oxygen atoms in total. The van der Waals surface area contributed by atoms with Crippen LogP contribution >= 0.6 is 0 Å². The minimum atomic E-state index is -0.835. The van der Waals surface area contributed by atoms with Gasteiger partial charge in [-0.15, -0.1) is 0 Å². The number of allylic oxidation sites excluding steroid dienone is 8. The fourth-order valence-electron chi connectivity index (χ4n) is 4.20. The first-order valence-electron chi connectivity index (χ1n) is 17.1. The number of hydrogen-bond acceptors (Lipinski definition) is 7. The van der Waals surface area contributed by atoms with Crippen LogP contribution in [-0.2, 0) is 19.1 Å². The number of ether oxygens (including phenoxy) is 2. The minimum Gasteiger partial charge on any atom is -0.462 e. The summed E-state index contributed by atoms with van der Waals surface area (Å²) in [4.78, 5) is 24.1. The van der Waals surface area contributed by atoms with Crippen LogP contribution in [0.4, 0.5) is 0 Å². The summed E-state index contributed by atoms with van der Waals surface area (Å²) in [7, 11) is 0. The molecule has 256 valence electrons. The van der Waals surface area contributed by atoms with Gasteiger partial charge in [-0.2, -0.15) is 0 Å². The molecule has 0 aromatic heterocycles. The van der Waals surface area contributed by atoms with Crippen LogP contribution in [0.3, 0.4) is 0 Å². The molecular formula is C38H62O7. The Balaban J connectivity index is 3.94. The molecule has 0 aliphatic heterocycles. The maximum absolute atomic E-state index is 12.1. The first-order valence-corrected chi connectivity index (χ1v) is 17.1. The molecule has 0 aromatic rings. The van der Waals surface area contributed by atoms with Crippen LogP contribution in [0.15, 0.2) is 72.9 Å². The van der Waals surface area contributed by atoms with Crippen LogP contribution in [0.5, 0.6) is 0 Å². The lowest BCUT2D eigenvalue weighted by atomic mass is 10.00. The van der Waals surface area contributed by atoms with E-state index in [9.17, 15) is 24.9 Å². The van der Waals surface area contributed by atoms with Gasteiger partial charge in [-0.05, 0) is 44.4 Å². The third kappa shape index (κ3) is 29.7. The Hall–Kier alpha value is -2.74. The second-order valence-corrected chi connectivity index (χ2v) is 11.5. The highest BCUT2D eigenvalue weighted by Crippen LogP contribution is 2.15. The summed E-state index contributed by atoms with van der Waals surface area (Å²) in [5, 5.41) is 29.3. The van der Waals surface area contributed by atoms with Crippen molar-refractivity contribution in [1.82, 2.24) is 0 Å². The van der Waals surface area contributed by atoms with Crippen molar-refractivity contribution in [1.29, 1.82) is 0 Å². The van der Waals surface area contributed by atoms with Gasteiger partial charge in [-0.3, -0.25) is 9.59 Å². The van der Waals surface area contributed by atoms with Crippen LogP contribution < -0.4 is 0 Å². The Morgan fingerprint density at radius 1 is 0.711 bits per heavy atom. The van der Waals surface area contributed by atoms with E-state index in [4.69, 9.17) is 9.47 Å². The molecule has 0 heterocycles. The van der Waals surface area contributed by atoms with Crippen LogP contribution in [0.25, 0.3) is 0 Å². The number of aliphatic hydroxyl groups excluding tert-OH is 3. The Kier molecular flexibility index (Phi) is 29.3. The van der Waals surface area contributed by atoms with Crippen molar-refractivity contribution in [3.8, 4) is 0 Å². The Bertz CT molecular complexity index is 900. The molecular weight excluding hydrogens is 568 g/mol. The zero-order valence-corrected chi connectivity index (χ0v) is 28.2. The largest absolute Gasteiger partial charge is 0.462 e. The van der Waals surface area contributed by atoms with Crippen LogP contribution in [0, 0.1) is 5.92 Å². The van der Waals surface area contributed by atoms with Crippen LogP contribution in [0.2, 0.25) is 0 Å². The predicted molar refractivity (Wildman–Crippen MR) is 185 cm³/mol. The van der Waals surface area contributed by atoms with Gasteiger partial charge in [-0.1, -0.05) is 139 Å². The van der Waals surface area contributed by atoms with E-state index < -0.39 is 24.3 Å². The number of carbonyl (C=O) groups excluding carboxylic acids is 2. The number of esters is 2. The Morgan fingerprint density at radius 2 is 1.31 bits per heavy atom. The third-order valence-electron chi connectivity index (χ3n) is 7.23. The van der Waals surface area contributed by atoms with Gasteiger partial charge in [0.05, 0.1) is 18.8 Å². The fraction of sp³-hybridized carbons (Fsp3) is 0.632.